The molecule has 0 spiro atoms. The molecule has 12 fully saturated rings. The third-order valence-electron chi connectivity index (χ3n) is 32.5. The Bertz CT molecular complexity index is 4140. The summed E-state index contributed by atoms with van der Waals surface area (Å²) in [5.41, 5.74) is 43.3. The van der Waals surface area contributed by atoms with Gasteiger partial charge in [-0.05, 0) is 163 Å². The van der Waals surface area contributed by atoms with E-state index in [2.05, 4.69) is 6.92 Å². The van der Waals surface area contributed by atoms with E-state index in [1.54, 1.807) is 24.3 Å². The third-order valence-corrected chi connectivity index (χ3v) is 32.5. The Balaban J connectivity index is 0.000000203. The van der Waals surface area contributed by atoms with E-state index >= 15 is 0 Å². The molecule has 0 amide bonds. The van der Waals surface area contributed by atoms with Crippen LogP contribution in [-0.2, 0) is 76.1 Å². The fourth-order valence-electron chi connectivity index (χ4n) is 24.9. The van der Waals surface area contributed by atoms with Crippen LogP contribution in [0.25, 0.3) is 0 Å². The molecule has 0 bridgehead atoms. The zero-order valence-electron chi connectivity index (χ0n) is 75.3. The molecule has 133 heavy (non-hydrogen) atoms. The Morgan fingerprint density at radius 1 is 0.466 bits per heavy atom. The van der Waals surface area contributed by atoms with E-state index < -0.39 is 291 Å². The summed E-state index contributed by atoms with van der Waals surface area (Å²) in [7, 11) is 0. The Labute approximate surface area is 769 Å². The number of carbonyl (C=O) groups excluding carboxylic acids is 6. The summed E-state index contributed by atoms with van der Waals surface area (Å²) in [6, 6.07) is -4.73. The molecule has 2 unspecified atom stereocenters. The first-order valence-electron chi connectivity index (χ1n) is 46.4. The number of Topliss-reactive ketones (excluding diaryl/α,β-unsaturated/α-hetero) is 4. The molecule has 0 radical (unpaired) electrons. The van der Waals surface area contributed by atoms with Gasteiger partial charge in [0.15, 0.2) is 59.9 Å². The SMILES string of the molecule is C[C@]12C=CC(=O)C=C1CC[C@@H]1[C@@H]2[C@@H](O)C[C@@]2(C)[C@H]1CC[C@]2(O)C(=O)CO.C[C@]12C=CC(=O)C=C1CC[C@@H]1[C@@H]2[C@@H](O)C[C@@]2(C)[C@H]1CC[C@]2(O)C(=O)COCOC[C@H]1O[C@H](OC2[C@H](CC(=O)[C@@H](O)CCN)C[C@H](N)[C@@H](O[C@H]3O[C@H](CN)[C@@H](O)[C@H](O)[C@H]3O)[C@@H]2O)[C@H](O)[C@@H](N)[C@@H]1O.NCC[C@H](O)C(=O)C[C@@H]1C[C@H](N)[C@@H](O[C@H]2O[C@H](CN)[C@@H](O)[C@H](O)[C@H]2O)[C@H](O)C1O[C@H]1O[C@H](CO)[C@@H](O)[C@H](N)[C@H]1O. The maximum absolute atomic E-state index is 13.8. The molecular formula is C89H144N8O36. The van der Waals surface area contributed by atoms with Crippen LogP contribution in [0.1, 0.15) is 130 Å². The molecule has 8 saturated carbocycles. The number of allylic oxidation sites excluding steroid dienone is 8. The number of ether oxygens (including phenoxy) is 10. The van der Waals surface area contributed by atoms with Crippen LogP contribution in [0.2, 0.25) is 0 Å². The number of rotatable bonds is 30. The molecule has 36 N–H and O–H groups in total. The van der Waals surface area contributed by atoms with Crippen LogP contribution in [0, 0.1) is 69.0 Å². The van der Waals surface area contributed by atoms with Crippen LogP contribution in [0.4, 0.5) is 0 Å². The minimum atomic E-state index is -1.80. The summed E-state index contributed by atoms with van der Waals surface area (Å²) >= 11 is 0. The lowest BCUT2D eigenvalue weighted by atomic mass is 9.46. The molecule has 4 aliphatic heterocycles. The van der Waals surface area contributed by atoms with Gasteiger partial charge in [-0.1, -0.05) is 51.0 Å². The maximum atomic E-state index is 13.8. The zero-order chi connectivity index (χ0) is 97.7. The lowest BCUT2D eigenvalue weighted by Gasteiger charge is -2.59. The Morgan fingerprint density at radius 3 is 1.23 bits per heavy atom. The van der Waals surface area contributed by atoms with Gasteiger partial charge >= 0.3 is 0 Å². The second-order valence-electron chi connectivity index (χ2n) is 40.2. The molecule has 44 nitrogen and oxygen atoms in total. The quantitative estimate of drug-likeness (QED) is 0.0235. The van der Waals surface area contributed by atoms with Crippen LogP contribution in [-0.4, -0.2) is 403 Å². The van der Waals surface area contributed by atoms with Crippen molar-refractivity contribution in [2.24, 2.45) is 115 Å². The molecule has 4 saturated heterocycles. The Kier molecular flexibility index (Phi) is 35.1. The van der Waals surface area contributed by atoms with E-state index in [0.29, 0.717) is 25.7 Å². The van der Waals surface area contributed by atoms with Gasteiger partial charge in [0.1, 0.15) is 153 Å². The van der Waals surface area contributed by atoms with Crippen molar-refractivity contribution in [1.82, 2.24) is 0 Å². The van der Waals surface area contributed by atoms with Crippen molar-refractivity contribution in [3.05, 3.63) is 47.6 Å². The number of fused-ring (bicyclic) bond motifs is 10. The van der Waals surface area contributed by atoms with Crippen molar-refractivity contribution in [2.75, 3.05) is 59.4 Å². The summed E-state index contributed by atoms with van der Waals surface area (Å²) in [6.07, 6.45) is -25.8. The average Bonchev–Trinajstić information content (AvgIpc) is 1.06. The highest BCUT2D eigenvalue weighted by Crippen LogP contribution is 2.69. The summed E-state index contributed by atoms with van der Waals surface area (Å²) in [4.78, 5) is 76.0. The van der Waals surface area contributed by atoms with Gasteiger partial charge in [0.2, 0.25) is 0 Å². The van der Waals surface area contributed by atoms with Gasteiger partial charge in [-0.3, -0.25) is 28.8 Å². The van der Waals surface area contributed by atoms with Crippen molar-refractivity contribution in [1.29, 1.82) is 0 Å². The van der Waals surface area contributed by atoms with Crippen molar-refractivity contribution >= 4 is 34.7 Å². The summed E-state index contributed by atoms with van der Waals surface area (Å²) in [5.74, 6) is -4.11. The topological polar surface area (TPSA) is 807 Å². The smallest absolute Gasteiger partial charge is 0.190 e. The molecule has 756 valence electrons. The van der Waals surface area contributed by atoms with Crippen molar-refractivity contribution < 1.29 is 178 Å². The average molecular weight is 1900 g/mol. The molecule has 14 aliphatic rings. The van der Waals surface area contributed by atoms with E-state index in [1.165, 1.54) is 0 Å². The lowest BCUT2D eigenvalue weighted by molar-refractivity contribution is -0.336. The Hall–Kier alpha value is -4.54. The van der Waals surface area contributed by atoms with E-state index in [4.69, 9.17) is 93.2 Å². The van der Waals surface area contributed by atoms with E-state index in [1.807, 2.05) is 32.9 Å². The van der Waals surface area contributed by atoms with E-state index in [0.717, 1.165) is 36.8 Å². The van der Waals surface area contributed by atoms with Crippen molar-refractivity contribution in [3.63, 3.8) is 0 Å². The van der Waals surface area contributed by atoms with Gasteiger partial charge in [-0.25, -0.2) is 0 Å². The summed E-state index contributed by atoms with van der Waals surface area (Å²) < 4.78 is 57.5. The van der Waals surface area contributed by atoms with Crippen LogP contribution >= 0.6 is 0 Å². The predicted molar refractivity (Wildman–Crippen MR) is 458 cm³/mol. The highest BCUT2D eigenvalue weighted by molar-refractivity contribution is 6.02. The van der Waals surface area contributed by atoms with Gasteiger partial charge < -0.3 is 195 Å². The van der Waals surface area contributed by atoms with Gasteiger partial charge in [0, 0.05) is 71.5 Å². The first-order chi connectivity index (χ1) is 62.6. The number of carbonyl (C=O) groups is 6. The molecule has 44 heteroatoms. The van der Waals surface area contributed by atoms with Crippen LogP contribution < -0.4 is 45.9 Å². The van der Waals surface area contributed by atoms with Gasteiger partial charge in [-0.15, -0.1) is 0 Å². The minimum Gasteiger partial charge on any atom is -0.394 e. The number of hydrogen-bond acceptors (Lipinski definition) is 44. The molecule has 0 aromatic carbocycles. The fraction of sp³-hybridized carbons (Fsp3) is 0.843. The number of ketones is 6. The third kappa shape index (κ3) is 20.7. The Morgan fingerprint density at radius 2 is 0.842 bits per heavy atom. The number of nitrogens with two attached hydrogens (primary N) is 8. The fourth-order valence-corrected chi connectivity index (χ4v) is 24.9. The van der Waals surface area contributed by atoms with Gasteiger partial charge in [0.25, 0.3) is 0 Å². The number of aliphatic hydroxyl groups excluding tert-OH is 18. The van der Waals surface area contributed by atoms with E-state index in [9.17, 15) is 131 Å². The maximum Gasteiger partial charge on any atom is 0.190 e. The first kappa shape index (κ1) is 107. The van der Waals surface area contributed by atoms with Crippen LogP contribution in [0.5, 0.6) is 0 Å². The number of hydrogen-bond donors (Lipinski definition) is 28. The molecule has 10 aliphatic carbocycles. The normalized spacial score (nSPS) is 48.1. The van der Waals surface area contributed by atoms with Crippen molar-refractivity contribution in [3.8, 4) is 0 Å². The van der Waals surface area contributed by atoms with Crippen LogP contribution in [0.3, 0.4) is 0 Å². The number of aliphatic hydroxyl groups is 20. The standard InChI is InChI=1S/C45H72N4O18.C23H44N4O13.C21H28O5/c1-43-8-5-21(50)13-20(43)3-4-22-23-6-9-45(61,44(23,2)14-27(53)31(22)43)30(54)17-63-18-62-16-29-33(55)32(49)35(57)41(65-29)66-39-19(12-26(52)25(51)7-10-46)11-24(48)40(38(39)60)67-42-37(59)36(58)34(56)28(15-47)64-42;24-2-1-9(29)10(30)4-7-3-8(26)21(40-23-18(35)17(34)15(32)11(5-25)37-23)19(36)20(7)39-22-16(33)13(27)14(31)12(6-28)38-22;1-19-7-5-13(23)9-12(19)3-4-14-15-6-8-21(26,17(25)11-22)20(15,2)10-16(24)18(14)19/h5,8,13,19,22-25,27-29,31-42,51,53,55-61H,3-4,6-7,9-12,14-18,46-49H2,1-2H3;7-9,11-23,28-29,31-36H,1-6,24-27H2;5,7,9,14-16,18,22,24,26H,3-4,6,8,10-11H2,1-2H3/t19-,22-,23-,24-,25-,27-,28+,29+,31+,32-,33+,34+,35+,36-,37+,38+,39?,40+,41+,42+,43-,44-,45-;7-,8-,9-,11+,12+,13-,14+,15+,16+,17-,18+,19+,20?,21+,22+,23+;14-,15-,16-,18+,19-,20-,21-/m000/s1. The lowest BCUT2D eigenvalue weighted by Crippen LogP contribution is -2.67. The predicted octanol–water partition coefficient (Wildman–Crippen LogP) is -10.5. The first-order valence-corrected chi connectivity index (χ1v) is 46.4. The largest absolute Gasteiger partial charge is 0.394 e. The second kappa shape index (κ2) is 43.5. The van der Waals surface area contributed by atoms with Gasteiger partial charge in [-0.2, -0.15) is 0 Å². The summed E-state index contributed by atoms with van der Waals surface area (Å²) in [5, 5.41) is 214. The minimum absolute atomic E-state index is 0.000186. The summed E-state index contributed by atoms with van der Waals surface area (Å²) in [6.45, 7) is 4.72. The van der Waals surface area contributed by atoms with E-state index in [-0.39, 0.29) is 130 Å². The zero-order valence-corrected chi connectivity index (χ0v) is 75.3. The molecular weight excluding hydrogens is 1760 g/mol. The monoisotopic (exact) mass is 1900 g/mol. The molecule has 0 aromatic heterocycles. The highest BCUT2D eigenvalue weighted by atomic mass is 16.7. The van der Waals surface area contributed by atoms with Crippen molar-refractivity contribution in [2.45, 2.75) is 337 Å². The van der Waals surface area contributed by atoms with Crippen LogP contribution in [0.15, 0.2) is 47.6 Å². The molecule has 4 heterocycles. The van der Waals surface area contributed by atoms with Gasteiger partial charge in [0.05, 0.1) is 49.7 Å². The molecule has 14 rings (SSSR count). The molecule has 0 aromatic rings. The molecule has 46 atom stereocenters. The highest BCUT2D eigenvalue weighted by Gasteiger charge is 2.71. The second-order valence-corrected chi connectivity index (χ2v) is 40.2.